The average Bonchev–Trinajstić information content (AvgIpc) is 2.88. The van der Waals surface area contributed by atoms with Gasteiger partial charge in [-0.3, -0.25) is 9.59 Å². The van der Waals surface area contributed by atoms with E-state index in [2.05, 4.69) is 21.2 Å². The summed E-state index contributed by atoms with van der Waals surface area (Å²) in [6.07, 6.45) is 5.44. The van der Waals surface area contributed by atoms with Gasteiger partial charge < -0.3 is 15.0 Å². The maximum atomic E-state index is 13.4. The number of rotatable bonds is 8. The highest BCUT2D eigenvalue weighted by molar-refractivity contribution is 9.10. The van der Waals surface area contributed by atoms with Crippen molar-refractivity contribution in [1.29, 1.82) is 0 Å². The number of halogens is 2. The van der Waals surface area contributed by atoms with Crippen molar-refractivity contribution in [3.05, 3.63) is 75.7 Å². The van der Waals surface area contributed by atoms with Gasteiger partial charge in [-0.25, -0.2) is 0 Å². The molecule has 2 amide bonds. The van der Waals surface area contributed by atoms with E-state index in [1.165, 1.54) is 6.42 Å². The highest BCUT2D eigenvalue weighted by Gasteiger charge is 2.28. The monoisotopic (exact) mass is 556 g/mol. The molecule has 35 heavy (non-hydrogen) atoms. The van der Waals surface area contributed by atoms with Crippen LogP contribution in [0.25, 0.3) is 10.8 Å². The number of hydrogen-bond donors (Lipinski definition) is 1. The molecule has 1 N–H and O–H groups in total. The normalized spacial score (nSPS) is 14.9. The number of fused-ring (bicyclic) bond motifs is 1. The van der Waals surface area contributed by atoms with Crippen LogP contribution in [0.3, 0.4) is 0 Å². The molecule has 0 saturated heterocycles. The molecule has 0 spiro atoms. The van der Waals surface area contributed by atoms with E-state index < -0.39 is 6.04 Å². The predicted octanol–water partition coefficient (Wildman–Crippen LogP) is 6.50. The average molecular weight is 558 g/mol. The number of nitrogens with one attached hydrogen (secondary N) is 1. The molecule has 0 aromatic heterocycles. The van der Waals surface area contributed by atoms with Gasteiger partial charge in [0.2, 0.25) is 5.91 Å². The predicted molar refractivity (Wildman–Crippen MR) is 144 cm³/mol. The highest BCUT2D eigenvalue weighted by atomic mass is 79.9. The Balaban J connectivity index is 1.49. The number of nitrogens with zero attached hydrogens (tertiary/aromatic N) is 1. The summed E-state index contributed by atoms with van der Waals surface area (Å²) in [6, 6.07) is 18.6. The van der Waals surface area contributed by atoms with Gasteiger partial charge in [-0.15, -0.1) is 0 Å². The van der Waals surface area contributed by atoms with Gasteiger partial charge in [0, 0.05) is 17.6 Å². The number of amides is 2. The van der Waals surface area contributed by atoms with Crippen LogP contribution in [0.5, 0.6) is 5.75 Å². The zero-order valence-corrected chi connectivity index (χ0v) is 22.1. The van der Waals surface area contributed by atoms with Crippen molar-refractivity contribution >= 4 is 50.1 Å². The fourth-order valence-corrected chi connectivity index (χ4v) is 5.22. The second kappa shape index (κ2) is 11.9. The molecule has 0 aliphatic heterocycles. The highest BCUT2D eigenvalue weighted by Crippen LogP contribution is 2.33. The van der Waals surface area contributed by atoms with Crippen molar-refractivity contribution < 1.29 is 14.3 Å². The van der Waals surface area contributed by atoms with E-state index in [9.17, 15) is 9.59 Å². The van der Waals surface area contributed by atoms with Crippen LogP contribution in [0.2, 0.25) is 5.02 Å². The van der Waals surface area contributed by atoms with E-state index in [0.717, 1.165) is 46.5 Å². The smallest absolute Gasteiger partial charge is 0.261 e. The first-order valence-electron chi connectivity index (χ1n) is 12.1. The second-order valence-corrected chi connectivity index (χ2v) is 10.3. The lowest BCUT2D eigenvalue weighted by molar-refractivity contribution is -0.142. The number of carbonyl (C=O) groups is 2. The molecule has 0 unspecified atom stereocenters. The third kappa shape index (κ3) is 6.56. The van der Waals surface area contributed by atoms with Gasteiger partial charge in [0.25, 0.3) is 5.91 Å². The van der Waals surface area contributed by atoms with Crippen molar-refractivity contribution in [1.82, 2.24) is 10.2 Å². The standard InChI is InChI=1S/C28H30BrClN2O3/c1-19(28(34)31-23-8-3-2-4-9-23)32(17-20-11-14-22(30)15-12-20)26(33)18-35-25-16-13-21-7-5-6-10-24(21)27(25)29/h5-7,10-16,19,23H,2-4,8-9,17-18H2,1H3,(H,31,34)/t19-/m1/s1. The summed E-state index contributed by atoms with van der Waals surface area (Å²) in [5, 5.41) is 5.86. The summed E-state index contributed by atoms with van der Waals surface area (Å²) in [6.45, 7) is 1.89. The van der Waals surface area contributed by atoms with Crippen LogP contribution in [0.4, 0.5) is 0 Å². The van der Waals surface area contributed by atoms with Gasteiger partial charge in [0.05, 0.1) is 4.47 Å². The topological polar surface area (TPSA) is 58.6 Å². The first kappa shape index (κ1) is 25.5. The Labute approximate surface area is 219 Å². The van der Waals surface area contributed by atoms with E-state index in [4.69, 9.17) is 16.3 Å². The van der Waals surface area contributed by atoms with E-state index in [-0.39, 0.29) is 31.0 Å². The van der Waals surface area contributed by atoms with Crippen molar-refractivity contribution in [3.63, 3.8) is 0 Å². The van der Waals surface area contributed by atoms with Gasteiger partial charge in [-0.1, -0.05) is 73.3 Å². The van der Waals surface area contributed by atoms with Crippen LogP contribution in [0, 0.1) is 0 Å². The molecule has 3 aromatic carbocycles. The van der Waals surface area contributed by atoms with Crippen LogP contribution >= 0.6 is 27.5 Å². The number of ether oxygens (including phenoxy) is 1. The van der Waals surface area contributed by atoms with Crippen molar-refractivity contribution in [2.45, 2.75) is 57.7 Å². The zero-order valence-electron chi connectivity index (χ0n) is 19.8. The first-order chi connectivity index (χ1) is 16.9. The van der Waals surface area contributed by atoms with Gasteiger partial charge in [-0.05, 0) is 70.2 Å². The van der Waals surface area contributed by atoms with Gasteiger partial charge >= 0.3 is 0 Å². The summed E-state index contributed by atoms with van der Waals surface area (Å²) in [5.41, 5.74) is 0.895. The molecule has 1 atom stereocenters. The molecule has 1 saturated carbocycles. The molecule has 1 fully saturated rings. The Bertz CT molecular complexity index is 1180. The van der Waals surface area contributed by atoms with Crippen molar-refractivity contribution in [2.75, 3.05) is 6.61 Å². The number of benzene rings is 3. The number of carbonyl (C=O) groups excluding carboxylic acids is 2. The maximum Gasteiger partial charge on any atom is 0.261 e. The maximum absolute atomic E-state index is 13.4. The molecule has 1 aliphatic carbocycles. The van der Waals surface area contributed by atoms with E-state index >= 15 is 0 Å². The fourth-order valence-electron chi connectivity index (χ4n) is 4.49. The van der Waals surface area contributed by atoms with E-state index in [1.807, 2.05) is 48.5 Å². The molecule has 0 bridgehead atoms. The molecule has 5 nitrogen and oxygen atoms in total. The molecular weight excluding hydrogens is 528 g/mol. The lowest BCUT2D eigenvalue weighted by atomic mass is 9.95. The summed E-state index contributed by atoms with van der Waals surface area (Å²) in [4.78, 5) is 28.1. The Morgan fingerprint density at radius 3 is 2.51 bits per heavy atom. The van der Waals surface area contributed by atoms with Crippen LogP contribution < -0.4 is 10.1 Å². The number of hydrogen-bond acceptors (Lipinski definition) is 3. The van der Waals surface area contributed by atoms with Gasteiger partial charge in [-0.2, -0.15) is 0 Å². The molecule has 1 aliphatic rings. The summed E-state index contributed by atoms with van der Waals surface area (Å²) in [5.74, 6) is 0.195. The summed E-state index contributed by atoms with van der Waals surface area (Å²) >= 11 is 9.65. The third-order valence-corrected chi connectivity index (χ3v) is 7.63. The van der Waals surface area contributed by atoms with Crippen LogP contribution in [0.15, 0.2) is 65.1 Å². The van der Waals surface area contributed by atoms with Crippen molar-refractivity contribution in [3.8, 4) is 5.75 Å². The van der Waals surface area contributed by atoms with Gasteiger partial charge in [0.15, 0.2) is 6.61 Å². The van der Waals surface area contributed by atoms with Crippen LogP contribution in [-0.2, 0) is 16.1 Å². The van der Waals surface area contributed by atoms with Crippen LogP contribution in [-0.4, -0.2) is 35.4 Å². The minimum absolute atomic E-state index is 0.133. The largest absolute Gasteiger partial charge is 0.483 e. The molecule has 0 radical (unpaired) electrons. The zero-order chi connectivity index (χ0) is 24.8. The first-order valence-corrected chi connectivity index (χ1v) is 13.2. The fraction of sp³-hybridized carbons (Fsp3) is 0.357. The summed E-state index contributed by atoms with van der Waals surface area (Å²) in [7, 11) is 0. The lowest BCUT2D eigenvalue weighted by Crippen LogP contribution is -2.51. The molecule has 0 heterocycles. The van der Waals surface area contributed by atoms with E-state index in [0.29, 0.717) is 10.8 Å². The van der Waals surface area contributed by atoms with E-state index in [1.54, 1.807) is 24.0 Å². The Hall–Kier alpha value is -2.57. The van der Waals surface area contributed by atoms with Gasteiger partial charge in [0.1, 0.15) is 11.8 Å². The second-order valence-electron chi connectivity index (χ2n) is 9.06. The SMILES string of the molecule is C[C@H](C(=O)NC1CCCCC1)N(Cc1ccc(Cl)cc1)C(=O)COc1ccc2ccccc2c1Br. The minimum atomic E-state index is -0.635. The molecule has 184 valence electrons. The Morgan fingerprint density at radius 2 is 1.77 bits per heavy atom. The lowest BCUT2D eigenvalue weighted by Gasteiger charge is -2.31. The molecule has 3 aromatic rings. The molecular formula is C28H30BrClN2O3. The van der Waals surface area contributed by atoms with Crippen molar-refractivity contribution in [2.24, 2.45) is 0 Å². The Kier molecular flexibility index (Phi) is 8.69. The molecule has 4 rings (SSSR count). The van der Waals surface area contributed by atoms with Crippen LogP contribution in [0.1, 0.15) is 44.6 Å². The Morgan fingerprint density at radius 1 is 1.06 bits per heavy atom. The quantitative estimate of drug-likeness (QED) is 0.344. The molecule has 7 heteroatoms. The summed E-state index contributed by atoms with van der Waals surface area (Å²) < 4.78 is 6.74. The minimum Gasteiger partial charge on any atom is -0.483 e. The third-order valence-electron chi connectivity index (χ3n) is 6.56.